The van der Waals surface area contributed by atoms with E-state index in [9.17, 15) is 0 Å². The van der Waals surface area contributed by atoms with Crippen LogP contribution in [0.4, 0.5) is 0 Å². The molecule has 2 unspecified atom stereocenters. The average molecular weight is 202 g/mol. The molecule has 2 aliphatic rings. The summed E-state index contributed by atoms with van der Waals surface area (Å²) in [6, 6.07) is 10.2. The summed E-state index contributed by atoms with van der Waals surface area (Å²) < 4.78 is 5.74. The van der Waals surface area contributed by atoms with E-state index in [2.05, 4.69) is 12.1 Å². The molecule has 2 atom stereocenters. The van der Waals surface area contributed by atoms with E-state index in [0.29, 0.717) is 6.42 Å². The zero-order chi connectivity index (χ0) is 10.5. The van der Waals surface area contributed by atoms with Crippen molar-refractivity contribution in [2.24, 2.45) is 11.5 Å². The van der Waals surface area contributed by atoms with Crippen LogP contribution in [-0.4, -0.2) is 11.8 Å². The highest BCUT2D eigenvalue weighted by molar-refractivity contribution is 5.38. The first-order chi connectivity index (χ1) is 7.12. The van der Waals surface area contributed by atoms with Gasteiger partial charge in [-0.05, 0) is 11.6 Å². The van der Waals surface area contributed by atoms with Crippen LogP contribution >= 0.6 is 0 Å². The summed E-state index contributed by atoms with van der Waals surface area (Å²) in [7, 11) is 0. The lowest BCUT2D eigenvalue weighted by Gasteiger charge is -2.24. The molecule has 0 aromatic heterocycles. The number of hydrogen-bond acceptors (Lipinski definition) is 3. The highest BCUT2D eigenvalue weighted by Crippen LogP contribution is 2.52. The summed E-state index contributed by atoms with van der Waals surface area (Å²) >= 11 is 0. The summed E-state index contributed by atoms with van der Waals surface area (Å²) in [6.45, 7) is 0. The van der Waals surface area contributed by atoms with Crippen molar-refractivity contribution >= 4 is 0 Å². The predicted octanol–water partition coefficient (Wildman–Crippen LogP) is 0.854. The molecular formula is C12H14N2O. The number of fused-ring (bicyclic) bond motifs is 1. The Morgan fingerprint density at radius 3 is 2.53 bits per heavy atom. The lowest BCUT2D eigenvalue weighted by atomic mass is 9.85. The van der Waals surface area contributed by atoms with Gasteiger partial charge in [-0.3, -0.25) is 0 Å². The third kappa shape index (κ3) is 1.32. The van der Waals surface area contributed by atoms with Crippen molar-refractivity contribution in [1.29, 1.82) is 0 Å². The molecule has 0 saturated carbocycles. The molecule has 1 aromatic carbocycles. The Labute approximate surface area is 88.7 Å². The molecule has 3 rings (SSSR count). The van der Waals surface area contributed by atoms with Crippen LogP contribution in [0.1, 0.15) is 12.0 Å². The summed E-state index contributed by atoms with van der Waals surface area (Å²) in [6.07, 6.45) is 4.66. The summed E-state index contributed by atoms with van der Waals surface area (Å²) in [5, 5.41) is 0. The van der Waals surface area contributed by atoms with Crippen molar-refractivity contribution in [1.82, 2.24) is 0 Å². The first-order valence-electron chi connectivity index (χ1n) is 5.14. The Morgan fingerprint density at radius 1 is 1.13 bits per heavy atom. The Morgan fingerprint density at radius 2 is 1.87 bits per heavy atom. The van der Waals surface area contributed by atoms with Crippen LogP contribution in [-0.2, 0) is 10.3 Å². The highest BCUT2D eigenvalue weighted by atomic mass is 16.6. The van der Waals surface area contributed by atoms with Crippen LogP contribution in [0.5, 0.6) is 0 Å². The molecule has 0 radical (unpaired) electrons. The largest absolute Gasteiger partial charge is 0.356 e. The summed E-state index contributed by atoms with van der Waals surface area (Å²) in [5.74, 6) is 0. The monoisotopic (exact) mass is 202 g/mol. The maximum absolute atomic E-state index is 5.84. The molecule has 1 fully saturated rings. The van der Waals surface area contributed by atoms with Crippen molar-refractivity contribution in [3.8, 4) is 0 Å². The van der Waals surface area contributed by atoms with E-state index >= 15 is 0 Å². The lowest BCUT2D eigenvalue weighted by molar-refractivity contribution is 0.324. The van der Waals surface area contributed by atoms with E-state index in [-0.39, 0.29) is 11.7 Å². The second kappa shape index (κ2) is 2.70. The highest BCUT2D eigenvalue weighted by Gasteiger charge is 2.59. The van der Waals surface area contributed by atoms with E-state index in [4.69, 9.17) is 16.2 Å². The molecule has 15 heavy (non-hydrogen) atoms. The number of benzene rings is 1. The van der Waals surface area contributed by atoms with Crippen molar-refractivity contribution in [3.05, 3.63) is 48.0 Å². The van der Waals surface area contributed by atoms with Crippen molar-refractivity contribution in [2.75, 3.05) is 0 Å². The number of epoxide rings is 1. The van der Waals surface area contributed by atoms with Gasteiger partial charge in [0.1, 0.15) is 5.60 Å². The van der Waals surface area contributed by atoms with E-state index < -0.39 is 5.66 Å². The average Bonchev–Trinajstić information content (AvgIpc) is 2.92. The van der Waals surface area contributed by atoms with Crippen molar-refractivity contribution in [3.63, 3.8) is 0 Å². The van der Waals surface area contributed by atoms with Crippen LogP contribution in [0.15, 0.2) is 42.5 Å². The molecule has 3 heteroatoms. The summed E-state index contributed by atoms with van der Waals surface area (Å²) in [5.41, 5.74) is 11.9. The van der Waals surface area contributed by atoms with Crippen molar-refractivity contribution in [2.45, 2.75) is 23.8 Å². The van der Waals surface area contributed by atoms with Gasteiger partial charge in [0, 0.05) is 6.42 Å². The first kappa shape index (κ1) is 9.09. The van der Waals surface area contributed by atoms with Gasteiger partial charge in [-0.1, -0.05) is 36.4 Å². The second-order valence-corrected chi connectivity index (χ2v) is 4.42. The van der Waals surface area contributed by atoms with Gasteiger partial charge in [0.05, 0.1) is 11.8 Å². The zero-order valence-electron chi connectivity index (χ0n) is 8.39. The minimum atomic E-state index is -0.709. The standard InChI is InChI=1S/C12H14N2O/c13-11(14)6-7-12(10(8-11)15-12)9-4-2-1-3-5-9/h1-7,10H,8,13-14H2. The maximum atomic E-state index is 5.84. The van der Waals surface area contributed by atoms with Gasteiger partial charge in [-0.15, -0.1) is 0 Å². The Kier molecular flexibility index (Phi) is 1.63. The number of hydrogen-bond donors (Lipinski definition) is 2. The van der Waals surface area contributed by atoms with Crippen LogP contribution in [0.3, 0.4) is 0 Å². The molecule has 1 aromatic rings. The SMILES string of the molecule is NC1(N)C=CC2(c3ccccc3)OC2C1. The molecular weight excluding hydrogens is 188 g/mol. The molecule has 0 spiro atoms. The molecule has 1 heterocycles. The van der Waals surface area contributed by atoms with Crippen LogP contribution in [0.2, 0.25) is 0 Å². The zero-order valence-corrected chi connectivity index (χ0v) is 8.39. The number of ether oxygens (including phenoxy) is 1. The normalized spacial score (nSPS) is 36.0. The van der Waals surface area contributed by atoms with E-state index in [1.165, 1.54) is 5.56 Å². The third-order valence-electron chi connectivity index (χ3n) is 3.16. The minimum Gasteiger partial charge on any atom is -0.356 e. The van der Waals surface area contributed by atoms with E-state index in [1.807, 2.05) is 30.4 Å². The van der Waals surface area contributed by atoms with Gasteiger partial charge in [0.2, 0.25) is 0 Å². The summed E-state index contributed by atoms with van der Waals surface area (Å²) in [4.78, 5) is 0. The maximum Gasteiger partial charge on any atom is 0.138 e. The van der Waals surface area contributed by atoms with Gasteiger partial charge in [-0.25, -0.2) is 0 Å². The smallest absolute Gasteiger partial charge is 0.138 e. The molecule has 0 bridgehead atoms. The minimum absolute atomic E-state index is 0.139. The fourth-order valence-corrected chi connectivity index (χ4v) is 2.26. The van der Waals surface area contributed by atoms with Gasteiger partial charge in [0.25, 0.3) is 0 Å². The second-order valence-electron chi connectivity index (χ2n) is 4.42. The van der Waals surface area contributed by atoms with E-state index in [0.717, 1.165) is 0 Å². The molecule has 0 amide bonds. The molecule has 3 nitrogen and oxygen atoms in total. The Bertz CT molecular complexity index is 413. The fourth-order valence-electron chi connectivity index (χ4n) is 2.26. The quantitative estimate of drug-likeness (QED) is 0.403. The predicted molar refractivity (Wildman–Crippen MR) is 57.9 cm³/mol. The number of rotatable bonds is 1. The van der Waals surface area contributed by atoms with E-state index in [1.54, 1.807) is 0 Å². The molecule has 1 aliphatic carbocycles. The number of nitrogens with two attached hydrogens (primary N) is 2. The third-order valence-corrected chi connectivity index (χ3v) is 3.16. The molecule has 1 aliphatic heterocycles. The van der Waals surface area contributed by atoms with Crippen LogP contribution in [0.25, 0.3) is 0 Å². The lowest BCUT2D eigenvalue weighted by Crippen LogP contribution is -2.50. The fraction of sp³-hybridized carbons (Fsp3) is 0.333. The van der Waals surface area contributed by atoms with Crippen molar-refractivity contribution < 1.29 is 4.74 Å². The Balaban J connectivity index is 1.98. The molecule has 4 N–H and O–H groups in total. The van der Waals surface area contributed by atoms with Gasteiger partial charge in [0.15, 0.2) is 0 Å². The van der Waals surface area contributed by atoms with Crippen LogP contribution in [0, 0.1) is 0 Å². The van der Waals surface area contributed by atoms with Gasteiger partial charge < -0.3 is 16.2 Å². The molecule has 1 saturated heterocycles. The first-order valence-corrected chi connectivity index (χ1v) is 5.14. The molecule has 78 valence electrons. The van der Waals surface area contributed by atoms with Gasteiger partial charge in [-0.2, -0.15) is 0 Å². The van der Waals surface area contributed by atoms with Crippen LogP contribution < -0.4 is 11.5 Å². The Hall–Kier alpha value is -1.16. The van der Waals surface area contributed by atoms with Gasteiger partial charge >= 0.3 is 0 Å². The topological polar surface area (TPSA) is 64.6 Å².